The molecule has 4 heterocycles. The monoisotopic (exact) mass is 413 g/mol. The van der Waals surface area contributed by atoms with Crippen LogP contribution < -0.4 is 16.0 Å². The number of nitrogens with one attached hydrogen (secondary N) is 3. The van der Waals surface area contributed by atoms with E-state index < -0.39 is 5.82 Å². The summed E-state index contributed by atoms with van der Waals surface area (Å²) in [5.74, 6) is 1.01. The summed E-state index contributed by atoms with van der Waals surface area (Å²) in [6.45, 7) is 4.01. The molecule has 0 saturated carbocycles. The van der Waals surface area contributed by atoms with E-state index in [1.54, 1.807) is 18.3 Å². The van der Waals surface area contributed by atoms with Gasteiger partial charge in [-0.2, -0.15) is 0 Å². The Morgan fingerprint density at radius 2 is 2.07 bits per heavy atom. The summed E-state index contributed by atoms with van der Waals surface area (Å²) in [5, 5.41) is 9.41. The van der Waals surface area contributed by atoms with Gasteiger partial charge in [0, 0.05) is 38.1 Å². The number of piperidine rings is 1. The molecule has 30 heavy (non-hydrogen) atoms. The van der Waals surface area contributed by atoms with E-state index in [9.17, 15) is 9.18 Å². The molecule has 0 spiro atoms. The summed E-state index contributed by atoms with van der Waals surface area (Å²) in [4.78, 5) is 20.9. The highest BCUT2D eigenvalue weighted by molar-refractivity contribution is 5.92. The normalized spacial score (nSPS) is 20.0. The first kappa shape index (κ1) is 20.7. The Morgan fingerprint density at radius 3 is 2.87 bits per heavy atom. The van der Waals surface area contributed by atoms with E-state index in [1.165, 1.54) is 0 Å². The lowest BCUT2D eigenvalue weighted by Gasteiger charge is -2.22. The minimum absolute atomic E-state index is 0.0826. The van der Waals surface area contributed by atoms with E-state index in [4.69, 9.17) is 4.74 Å². The Bertz CT molecular complexity index is 866. The second kappa shape index (κ2) is 9.95. The second-order valence-corrected chi connectivity index (χ2v) is 7.95. The molecule has 7 nitrogen and oxygen atoms in total. The number of nitrogens with zero attached hydrogens (tertiary/aromatic N) is 2. The van der Waals surface area contributed by atoms with Crippen molar-refractivity contribution in [2.24, 2.45) is 11.8 Å². The van der Waals surface area contributed by atoms with Crippen molar-refractivity contribution in [3.8, 4) is 11.1 Å². The molecule has 8 heteroatoms. The van der Waals surface area contributed by atoms with Crippen molar-refractivity contribution >= 4 is 17.5 Å². The van der Waals surface area contributed by atoms with Gasteiger partial charge in [-0.05, 0) is 61.9 Å². The number of carbonyl (C=O) groups excluding carboxylic acids is 1. The zero-order valence-electron chi connectivity index (χ0n) is 17.0. The van der Waals surface area contributed by atoms with Gasteiger partial charge in [0.25, 0.3) is 0 Å². The van der Waals surface area contributed by atoms with E-state index >= 15 is 0 Å². The highest BCUT2D eigenvalue weighted by Crippen LogP contribution is 2.27. The van der Waals surface area contributed by atoms with Crippen molar-refractivity contribution < 1.29 is 13.9 Å². The lowest BCUT2D eigenvalue weighted by Crippen LogP contribution is -2.37. The largest absolute Gasteiger partial charge is 0.381 e. The summed E-state index contributed by atoms with van der Waals surface area (Å²) in [6, 6.07) is 5.17. The molecular formula is C22H28FN5O2. The van der Waals surface area contributed by atoms with Crippen molar-refractivity contribution in [2.75, 3.05) is 43.5 Å². The highest BCUT2D eigenvalue weighted by Gasteiger charge is 2.21. The molecule has 2 aliphatic heterocycles. The van der Waals surface area contributed by atoms with Crippen molar-refractivity contribution in [3.05, 3.63) is 36.4 Å². The van der Waals surface area contributed by atoms with Crippen molar-refractivity contribution in [3.63, 3.8) is 0 Å². The molecule has 4 rings (SSSR count). The van der Waals surface area contributed by atoms with E-state index in [1.807, 2.05) is 6.07 Å². The first-order chi connectivity index (χ1) is 14.7. The SMILES string of the molecule is O=C(Nc1cc(-c2ccnc(NCC3CCOCC3)c2)c(F)cn1)[C@@H]1CCCNC1. The third kappa shape index (κ3) is 5.31. The maximum Gasteiger partial charge on any atom is 0.229 e. The van der Waals surface area contributed by atoms with Crippen molar-refractivity contribution in [1.29, 1.82) is 0 Å². The van der Waals surface area contributed by atoms with Crippen LogP contribution in [0.4, 0.5) is 16.0 Å². The number of amides is 1. The lowest BCUT2D eigenvalue weighted by molar-refractivity contribution is -0.120. The molecule has 0 radical (unpaired) electrons. The van der Waals surface area contributed by atoms with Crippen LogP contribution >= 0.6 is 0 Å². The lowest BCUT2D eigenvalue weighted by atomic mass is 9.99. The molecule has 2 saturated heterocycles. The molecule has 1 amide bonds. The van der Waals surface area contributed by atoms with E-state index in [-0.39, 0.29) is 11.8 Å². The quantitative estimate of drug-likeness (QED) is 0.675. The maximum atomic E-state index is 14.5. The number of hydrogen-bond acceptors (Lipinski definition) is 6. The van der Waals surface area contributed by atoms with Crippen LogP contribution in [-0.4, -0.2) is 48.7 Å². The zero-order valence-corrected chi connectivity index (χ0v) is 17.0. The number of hydrogen-bond donors (Lipinski definition) is 3. The van der Waals surface area contributed by atoms with Gasteiger partial charge in [-0.25, -0.2) is 14.4 Å². The van der Waals surface area contributed by atoms with Crippen LogP contribution in [0.25, 0.3) is 11.1 Å². The molecule has 2 aromatic heterocycles. The first-order valence-corrected chi connectivity index (χ1v) is 10.6. The summed E-state index contributed by atoms with van der Waals surface area (Å²) in [7, 11) is 0. The molecule has 1 atom stereocenters. The van der Waals surface area contributed by atoms with Gasteiger partial charge in [0.2, 0.25) is 5.91 Å². The number of aromatic nitrogens is 2. The number of rotatable bonds is 6. The Balaban J connectivity index is 1.45. The molecule has 0 bridgehead atoms. The second-order valence-electron chi connectivity index (χ2n) is 7.95. The molecular weight excluding hydrogens is 385 g/mol. The molecule has 2 aromatic rings. The van der Waals surface area contributed by atoms with Gasteiger partial charge in [-0.3, -0.25) is 4.79 Å². The minimum atomic E-state index is -0.436. The Hall–Kier alpha value is -2.58. The fourth-order valence-electron chi connectivity index (χ4n) is 3.93. The van der Waals surface area contributed by atoms with Crippen LogP contribution in [0.5, 0.6) is 0 Å². The molecule has 3 N–H and O–H groups in total. The predicted octanol–water partition coefficient (Wildman–Crippen LogP) is 3.06. The Morgan fingerprint density at radius 1 is 1.20 bits per heavy atom. The standard InChI is InChI=1S/C22H28FN5O2/c23-19-14-27-21(28-22(29)17-2-1-6-24-13-17)11-18(19)16-3-7-25-20(10-16)26-12-15-4-8-30-9-5-15/h3,7,10-11,14-15,17,24H,1-2,4-6,8-9,12-13H2,(H,25,26)(H,27,28,29)/t17-/m1/s1. The Kier molecular flexibility index (Phi) is 6.86. The van der Waals surface area contributed by atoms with E-state index in [0.717, 1.165) is 58.2 Å². The molecule has 0 aliphatic carbocycles. The fourth-order valence-corrected chi connectivity index (χ4v) is 3.93. The van der Waals surface area contributed by atoms with Crippen LogP contribution in [0.1, 0.15) is 25.7 Å². The number of pyridine rings is 2. The molecule has 0 aromatic carbocycles. The molecule has 0 unspecified atom stereocenters. The van der Waals surface area contributed by atoms with Crippen LogP contribution in [0, 0.1) is 17.7 Å². The maximum absolute atomic E-state index is 14.5. The van der Waals surface area contributed by atoms with Gasteiger partial charge >= 0.3 is 0 Å². The summed E-state index contributed by atoms with van der Waals surface area (Å²) in [5.41, 5.74) is 1.08. The summed E-state index contributed by atoms with van der Waals surface area (Å²) in [6.07, 6.45) is 6.70. The summed E-state index contributed by atoms with van der Waals surface area (Å²) >= 11 is 0. The third-order valence-corrected chi connectivity index (χ3v) is 5.76. The fraction of sp³-hybridized carbons (Fsp3) is 0.500. The average Bonchev–Trinajstić information content (AvgIpc) is 2.80. The number of anilines is 2. The number of ether oxygens (including phenoxy) is 1. The van der Waals surface area contributed by atoms with E-state index in [0.29, 0.717) is 35.2 Å². The highest BCUT2D eigenvalue weighted by atomic mass is 19.1. The molecule has 160 valence electrons. The van der Waals surface area contributed by atoms with Gasteiger partial charge < -0.3 is 20.7 Å². The van der Waals surface area contributed by atoms with Crippen molar-refractivity contribution in [1.82, 2.24) is 15.3 Å². The topological polar surface area (TPSA) is 88.2 Å². The third-order valence-electron chi connectivity index (χ3n) is 5.76. The average molecular weight is 413 g/mol. The first-order valence-electron chi connectivity index (χ1n) is 10.6. The molecule has 2 fully saturated rings. The minimum Gasteiger partial charge on any atom is -0.381 e. The van der Waals surface area contributed by atoms with Gasteiger partial charge in [-0.15, -0.1) is 0 Å². The van der Waals surface area contributed by atoms with E-state index in [2.05, 4.69) is 25.9 Å². The van der Waals surface area contributed by atoms with Gasteiger partial charge in [0.05, 0.1) is 12.1 Å². The van der Waals surface area contributed by atoms with Crippen LogP contribution in [-0.2, 0) is 9.53 Å². The smallest absolute Gasteiger partial charge is 0.229 e. The van der Waals surface area contributed by atoms with Gasteiger partial charge in [0.15, 0.2) is 0 Å². The number of carbonyl (C=O) groups is 1. The zero-order chi connectivity index (χ0) is 20.8. The van der Waals surface area contributed by atoms with Crippen LogP contribution in [0.15, 0.2) is 30.6 Å². The molecule has 2 aliphatic rings. The van der Waals surface area contributed by atoms with Crippen LogP contribution in [0.3, 0.4) is 0 Å². The van der Waals surface area contributed by atoms with Gasteiger partial charge in [-0.1, -0.05) is 0 Å². The van der Waals surface area contributed by atoms with Gasteiger partial charge in [0.1, 0.15) is 17.5 Å². The van der Waals surface area contributed by atoms with Crippen molar-refractivity contribution in [2.45, 2.75) is 25.7 Å². The predicted molar refractivity (Wildman–Crippen MR) is 114 cm³/mol. The summed E-state index contributed by atoms with van der Waals surface area (Å²) < 4.78 is 19.9. The Labute approximate surface area is 175 Å². The van der Waals surface area contributed by atoms with Crippen LogP contribution in [0.2, 0.25) is 0 Å². The number of halogens is 1.